The molecule has 0 unspecified atom stereocenters. The largest absolute Gasteiger partial charge is 0.206 e. The summed E-state index contributed by atoms with van der Waals surface area (Å²) in [5.41, 5.74) is -0.169. The molecule has 0 radical (unpaired) electrons. The van der Waals surface area contributed by atoms with E-state index in [1.807, 2.05) is 0 Å². The molecule has 4 rings (SSSR count). The number of hydrogen-bond acceptors (Lipinski definition) is 1. The van der Waals surface area contributed by atoms with E-state index in [2.05, 4.69) is 18.8 Å². The third-order valence-electron chi connectivity index (χ3n) is 6.85. The zero-order valence-electron chi connectivity index (χ0n) is 19.0. The van der Waals surface area contributed by atoms with Crippen LogP contribution in [0.25, 0.3) is 10.8 Å². The van der Waals surface area contributed by atoms with E-state index in [1.54, 1.807) is 0 Å². The maximum atomic E-state index is 14.9. The quantitative estimate of drug-likeness (QED) is 0.283. The van der Waals surface area contributed by atoms with Gasteiger partial charge in [0.2, 0.25) is 0 Å². The number of fused-ring (bicyclic) bond motifs is 1. The number of nitrogens with zero attached hydrogens (tertiary/aromatic N) is 1. The van der Waals surface area contributed by atoms with Gasteiger partial charge in [-0.2, -0.15) is 5.26 Å². The van der Waals surface area contributed by atoms with Gasteiger partial charge in [0.1, 0.15) is 29.1 Å². The SMILES string of the molecule is CCCCC1CCC(c2cc(F)c(C#Cc3cccc4c(F)c(C#N)c(F)cc34)c(F)c2)CC1. The molecular weight excluding hydrogens is 438 g/mol. The summed E-state index contributed by atoms with van der Waals surface area (Å²) in [5.74, 6) is 2.55. The molecule has 0 atom stereocenters. The average molecular weight is 464 g/mol. The molecule has 3 aromatic rings. The lowest BCUT2D eigenvalue weighted by atomic mass is 9.77. The van der Waals surface area contributed by atoms with Gasteiger partial charge in [-0.3, -0.25) is 0 Å². The Bertz CT molecular complexity index is 1290. The maximum absolute atomic E-state index is 14.9. The highest BCUT2D eigenvalue weighted by molar-refractivity contribution is 5.90. The summed E-state index contributed by atoms with van der Waals surface area (Å²) >= 11 is 0. The molecule has 0 aliphatic heterocycles. The molecule has 1 nitrogen and oxygen atoms in total. The van der Waals surface area contributed by atoms with Gasteiger partial charge in [0.15, 0.2) is 5.82 Å². The molecule has 174 valence electrons. The van der Waals surface area contributed by atoms with Crippen molar-refractivity contribution in [2.45, 2.75) is 57.8 Å². The molecular formula is C29H25F4N. The third kappa shape index (κ3) is 4.80. The fourth-order valence-corrected chi connectivity index (χ4v) is 4.92. The normalized spacial score (nSPS) is 17.8. The minimum atomic E-state index is -1.01. The van der Waals surface area contributed by atoms with Crippen molar-refractivity contribution in [1.29, 1.82) is 5.26 Å². The molecule has 1 fully saturated rings. The van der Waals surface area contributed by atoms with Crippen LogP contribution in [0.5, 0.6) is 0 Å². The summed E-state index contributed by atoms with van der Waals surface area (Å²) in [7, 11) is 0. The van der Waals surface area contributed by atoms with Crippen LogP contribution in [0.2, 0.25) is 0 Å². The Labute approximate surface area is 197 Å². The lowest BCUT2D eigenvalue weighted by Crippen LogP contribution is -2.14. The van der Waals surface area contributed by atoms with Crippen molar-refractivity contribution in [2.75, 3.05) is 0 Å². The minimum Gasteiger partial charge on any atom is -0.206 e. The third-order valence-corrected chi connectivity index (χ3v) is 6.85. The fraction of sp³-hybridized carbons (Fsp3) is 0.345. The summed E-state index contributed by atoms with van der Waals surface area (Å²) < 4.78 is 58.3. The molecule has 0 amide bonds. The van der Waals surface area contributed by atoms with E-state index in [-0.39, 0.29) is 27.8 Å². The first kappa shape index (κ1) is 23.8. The van der Waals surface area contributed by atoms with Crippen molar-refractivity contribution in [3.63, 3.8) is 0 Å². The molecule has 0 saturated heterocycles. The van der Waals surface area contributed by atoms with Gasteiger partial charge >= 0.3 is 0 Å². The number of benzene rings is 3. The van der Waals surface area contributed by atoms with Gasteiger partial charge in [-0.25, -0.2) is 17.6 Å². The first-order valence-corrected chi connectivity index (χ1v) is 11.7. The molecule has 0 N–H and O–H groups in total. The smallest absolute Gasteiger partial charge is 0.151 e. The summed E-state index contributed by atoms with van der Waals surface area (Å²) in [6, 6.07) is 9.68. The first-order chi connectivity index (χ1) is 16.4. The predicted molar refractivity (Wildman–Crippen MR) is 125 cm³/mol. The lowest BCUT2D eigenvalue weighted by Gasteiger charge is -2.29. The monoisotopic (exact) mass is 463 g/mol. The van der Waals surface area contributed by atoms with Gasteiger partial charge in [0.05, 0.1) is 5.56 Å². The Balaban J connectivity index is 1.61. The van der Waals surface area contributed by atoms with Gasteiger partial charge in [0.25, 0.3) is 0 Å². The predicted octanol–water partition coefficient (Wildman–Crippen LogP) is 8.13. The van der Waals surface area contributed by atoms with Crippen LogP contribution in [0.1, 0.15) is 80.0 Å². The molecule has 0 heterocycles. The van der Waals surface area contributed by atoms with Crippen molar-refractivity contribution in [2.24, 2.45) is 5.92 Å². The highest BCUT2D eigenvalue weighted by atomic mass is 19.1. The summed E-state index contributed by atoms with van der Waals surface area (Å²) in [6.07, 6.45) is 7.64. The van der Waals surface area contributed by atoms with Crippen LogP contribution >= 0.6 is 0 Å². The highest BCUT2D eigenvalue weighted by Crippen LogP contribution is 2.38. The van der Waals surface area contributed by atoms with Crippen LogP contribution in [-0.4, -0.2) is 0 Å². The lowest BCUT2D eigenvalue weighted by molar-refractivity contribution is 0.303. The van der Waals surface area contributed by atoms with E-state index < -0.39 is 28.8 Å². The van der Waals surface area contributed by atoms with Crippen LogP contribution in [0.4, 0.5) is 17.6 Å². The van der Waals surface area contributed by atoms with Crippen LogP contribution in [-0.2, 0) is 0 Å². The Morgan fingerprint density at radius 2 is 1.53 bits per heavy atom. The molecule has 5 heteroatoms. The molecule has 0 spiro atoms. The first-order valence-electron chi connectivity index (χ1n) is 11.7. The van der Waals surface area contributed by atoms with Crippen molar-refractivity contribution in [1.82, 2.24) is 0 Å². The van der Waals surface area contributed by atoms with Crippen molar-refractivity contribution < 1.29 is 17.6 Å². The minimum absolute atomic E-state index is 0.0237. The van der Waals surface area contributed by atoms with Crippen LogP contribution < -0.4 is 0 Å². The van der Waals surface area contributed by atoms with E-state index in [9.17, 15) is 17.6 Å². The summed E-state index contributed by atoms with van der Waals surface area (Å²) in [6.45, 7) is 2.18. The zero-order valence-corrected chi connectivity index (χ0v) is 19.0. The molecule has 34 heavy (non-hydrogen) atoms. The van der Waals surface area contributed by atoms with Crippen molar-refractivity contribution in [3.05, 3.63) is 81.9 Å². The second-order valence-electron chi connectivity index (χ2n) is 9.03. The molecule has 0 aromatic heterocycles. The molecule has 1 aliphatic carbocycles. The van der Waals surface area contributed by atoms with E-state index in [0.29, 0.717) is 11.5 Å². The molecule has 0 bridgehead atoms. The summed E-state index contributed by atoms with van der Waals surface area (Å²) in [4.78, 5) is 0. The highest BCUT2D eigenvalue weighted by Gasteiger charge is 2.24. The molecule has 1 saturated carbocycles. The van der Waals surface area contributed by atoms with E-state index in [1.165, 1.54) is 55.7 Å². The maximum Gasteiger partial charge on any atom is 0.151 e. The Hall–Kier alpha value is -3.31. The van der Waals surface area contributed by atoms with Crippen LogP contribution in [0, 0.1) is 52.4 Å². The van der Waals surface area contributed by atoms with Gasteiger partial charge in [-0.15, -0.1) is 0 Å². The molecule has 3 aromatic carbocycles. The van der Waals surface area contributed by atoms with Crippen molar-refractivity contribution in [3.8, 4) is 17.9 Å². The zero-order chi connectivity index (χ0) is 24.2. The van der Waals surface area contributed by atoms with E-state index in [4.69, 9.17) is 5.26 Å². The molecule has 1 aliphatic rings. The average Bonchev–Trinajstić information content (AvgIpc) is 2.83. The second-order valence-corrected chi connectivity index (χ2v) is 9.03. The number of halogens is 4. The van der Waals surface area contributed by atoms with Crippen molar-refractivity contribution >= 4 is 10.8 Å². The van der Waals surface area contributed by atoms with Gasteiger partial charge in [-0.05, 0) is 67.3 Å². The van der Waals surface area contributed by atoms with E-state index >= 15 is 0 Å². The Morgan fingerprint density at radius 1 is 0.853 bits per heavy atom. The Kier molecular flexibility index (Phi) is 7.23. The van der Waals surface area contributed by atoms with E-state index in [0.717, 1.165) is 31.7 Å². The Morgan fingerprint density at radius 3 is 2.18 bits per heavy atom. The van der Waals surface area contributed by atoms with Gasteiger partial charge < -0.3 is 0 Å². The standard InChI is InChI=1S/C29H25F4N/c1-2-3-5-18-8-10-19(11-9-18)21-14-26(30)23(27(31)15-21)13-12-20-6-4-7-22-24(20)16-28(32)25(17-34)29(22)33/h4,6-7,14-16,18-19H,2-3,5,8-11H2,1H3. The summed E-state index contributed by atoms with van der Waals surface area (Å²) in [5, 5.41) is 9.13. The second kappa shape index (κ2) is 10.3. The number of hydrogen-bond donors (Lipinski definition) is 0. The topological polar surface area (TPSA) is 23.8 Å². The fourth-order valence-electron chi connectivity index (χ4n) is 4.92. The van der Waals surface area contributed by atoms with Crippen LogP contribution in [0.15, 0.2) is 36.4 Å². The number of rotatable bonds is 4. The number of nitriles is 1. The van der Waals surface area contributed by atoms with Gasteiger partial charge in [-0.1, -0.05) is 50.2 Å². The van der Waals surface area contributed by atoms with Gasteiger partial charge in [0, 0.05) is 16.3 Å². The van der Waals surface area contributed by atoms with Crippen LogP contribution in [0.3, 0.4) is 0 Å². The number of unbranched alkanes of at least 4 members (excludes halogenated alkanes) is 1.